The van der Waals surface area contributed by atoms with Gasteiger partial charge in [0.05, 0.1) is 17.0 Å². The van der Waals surface area contributed by atoms with Gasteiger partial charge in [-0.15, -0.1) is 11.3 Å². The Morgan fingerprint density at radius 1 is 1.11 bits per heavy atom. The molecule has 2 aromatic rings. The second kappa shape index (κ2) is 4.94. The maximum Gasteiger partial charge on any atom is 0.418 e. The number of aliphatic imine (C=N–C) groups is 1. The van der Waals surface area contributed by atoms with Crippen molar-refractivity contribution in [1.29, 1.82) is 0 Å². The van der Waals surface area contributed by atoms with Crippen molar-refractivity contribution in [1.82, 2.24) is 0 Å². The lowest BCUT2D eigenvalue weighted by molar-refractivity contribution is -0.137. The molecule has 1 nitrogen and oxygen atoms in total. The topological polar surface area (TPSA) is 12.4 Å². The van der Waals surface area contributed by atoms with Gasteiger partial charge in [-0.2, -0.15) is 13.2 Å². The van der Waals surface area contributed by atoms with Crippen molar-refractivity contribution in [3.8, 4) is 0 Å². The SMILES string of the molecule is C/C(=N\c1ccccc1C(F)(F)F)c1cccs1. The highest BCUT2D eigenvalue weighted by molar-refractivity contribution is 7.12. The van der Waals surface area contributed by atoms with E-state index in [2.05, 4.69) is 4.99 Å². The molecule has 0 aliphatic carbocycles. The first-order valence-electron chi connectivity index (χ1n) is 5.24. The van der Waals surface area contributed by atoms with Crippen molar-refractivity contribution in [2.75, 3.05) is 0 Å². The Bertz CT molecular complexity index is 556. The van der Waals surface area contributed by atoms with Gasteiger partial charge in [-0.25, -0.2) is 0 Å². The largest absolute Gasteiger partial charge is 0.418 e. The van der Waals surface area contributed by atoms with Crippen LogP contribution in [0.4, 0.5) is 18.9 Å². The van der Waals surface area contributed by atoms with Crippen molar-refractivity contribution in [2.45, 2.75) is 13.1 Å². The molecule has 94 valence electrons. The average Bonchev–Trinajstić information content (AvgIpc) is 2.81. The molecule has 0 saturated carbocycles. The van der Waals surface area contributed by atoms with E-state index in [-0.39, 0.29) is 5.69 Å². The summed E-state index contributed by atoms with van der Waals surface area (Å²) >= 11 is 1.45. The lowest BCUT2D eigenvalue weighted by Gasteiger charge is -2.09. The first-order valence-corrected chi connectivity index (χ1v) is 6.12. The highest BCUT2D eigenvalue weighted by Crippen LogP contribution is 2.36. The zero-order valence-electron chi connectivity index (χ0n) is 9.53. The zero-order chi connectivity index (χ0) is 13.2. The summed E-state index contributed by atoms with van der Waals surface area (Å²) in [6, 6.07) is 9.01. The molecule has 18 heavy (non-hydrogen) atoms. The van der Waals surface area contributed by atoms with E-state index in [9.17, 15) is 13.2 Å². The standard InChI is InChI=1S/C13H10F3NS/c1-9(12-7-4-8-18-12)17-11-6-3-2-5-10(11)13(14,15)16/h2-8H,1H3/b17-9+. The number of nitrogens with zero attached hydrogens (tertiary/aromatic N) is 1. The Balaban J connectivity index is 2.44. The van der Waals surface area contributed by atoms with E-state index in [4.69, 9.17) is 0 Å². The Morgan fingerprint density at radius 3 is 2.44 bits per heavy atom. The lowest BCUT2D eigenvalue weighted by atomic mass is 10.1. The van der Waals surface area contributed by atoms with Gasteiger partial charge in [0.1, 0.15) is 0 Å². The molecular weight excluding hydrogens is 259 g/mol. The van der Waals surface area contributed by atoms with E-state index in [0.717, 1.165) is 10.9 Å². The van der Waals surface area contributed by atoms with Gasteiger partial charge in [-0.05, 0) is 30.5 Å². The number of benzene rings is 1. The van der Waals surface area contributed by atoms with E-state index in [1.165, 1.54) is 23.5 Å². The van der Waals surface area contributed by atoms with E-state index < -0.39 is 11.7 Å². The van der Waals surface area contributed by atoms with Crippen molar-refractivity contribution in [3.63, 3.8) is 0 Å². The van der Waals surface area contributed by atoms with Crippen LogP contribution >= 0.6 is 11.3 Å². The molecule has 1 aromatic heterocycles. The van der Waals surface area contributed by atoms with Crippen molar-refractivity contribution >= 4 is 22.7 Å². The van der Waals surface area contributed by atoms with Gasteiger partial charge >= 0.3 is 6.18 Å². The van der Waals surface area contributed by atoms with Gasteiger partial charge in [-0.3, -0.25) is 4.99 Å². The lowest BCUT2D eigenvalue weighted by Crippen LogP contribution is -2.05. The monoisotopic (exact) mass is 269 g/mol. The number of para-hydroxylation sites is 1. The van der Waals surface area contributed by atoms with Crippen LogP contribution in [-0.4, -0.2) is 5.71 Å². The molecule has 0 spiro atoms. The summed E-state index contributed by atoms with van der Waals surface area (Å²) in [5.41, 5.74) is -0.168. The first kappa shape index (κ1) is 12.8. The molecule has 0 saturated heterocycles. The zero-order valence-corrected chi connectivity index (χ0v) is 10.3. The minimum absolute atomic E-state index is 0.0455. The maximum atomic E-state index is 12.8. The molecule has 2 rings (SSSR count). The molecule has 0 aliphatic rings. The molecule has 0 radical (unpaired) electrons. The van der Waals surface area contributed by atoms with E-state index in [1.54, 1.807) is 13.0 Å². The second-order valence-electron chi connectivity index (χ2n) is 3.69. The molecular formula is C13H10F3NS. The fraction of sp³-hybridized carbons (Fsp3) is 0.154. The normalized spacial score (nSPS) is 12.8. The summed E-state index contributed by atoms with van der Waals surface area (Å²) in [6.07, 6.45) is -4.38. The summed E-state index contributed by atoms with van der Waals surface area (Å²) in [4.78, 5) is 4.94. The Kier molecular flexibility index (Phi) is 3.52. The molecule has 1 heterocycles. The molecule has 0 aliphatic heterocycles. The van der Waals surface area contributed by atoms with Gasteiger partial charge in [-0.1, -0.05) is 18.2 Å². The molecule has 0 N–H and O–H groups in total. The molecule has 1 aromatic carbocycles. The van der Waals surface area contributed by atoms with Gasteiger partial charge in [0, 0.05) is 4.88 Å². The third kappa shape index (κ3) is 2.79. The molecule has 0 bridgehead atoms. The highest BCUT2D eigenvalue weighted by Gasteiger charge is 2.33. The van der Waals surface area contributed by atoms with Gasteiger partial charge in [0.2, 0.25) is 0 Å². The summed E-state index contributed by atoms with van der Waals surface area (Å²) in [5, 5.41) is 1.87. The third-order valence-electron chi connectivity index (χ3n) is 2.38. The average molecular weight is 269 g/mol. The van der Waals surface area contributed by atoms with Crippen molar-refractivity contribution in [2.24, 2.45) is 4.99 Å². The van der Waals surface area contributed by atoms with Crippen LogP contribution in [0.3, 0.4) is 0 Å². The van der Waals surface area contributed by atoms with E-state index >= 15 is 0 Å². The van der Waals surface area contributed by atoms with Crippen LogP contribution in [0.25, 0.3) is 0 Å². The van der Waals surface area contributed by atoms with E-state index in [0.29, 0.717) is 5.71 Å². The fourth-order valence-corrected chi connectivity index (χ4v) is 2.21. The van der Waals surface area contributed by atoms with Gasteiger partial charge < -0.3 is 0 Å². The summed E-state index contributed by atoms with van der Waals surface area (Å²) in [7, 11) is 0. The number of alkyl halides is 3. The number of hydrogen-bond acceptors (Lipinski definition) is 2. The van der Waals surface area contributed by atoms with Crippen molar-refractivity contribution in [3.05, 3.63) is 52.2 Å². The van der Waals surface area contributed by atoms with Crippen LogP contribution in [0.1, 0.15) is 17.4 Å². The van der Waals surface area contributed by atoms with Crippen LogP contribution < -0.4 is 0 Å². The molecule has 0 unspecified atom stereocenters. The predicted octanol–water partition coefficient (Wildman–Crippen LogP) is 4.91. The Hall–Kier alpha value is -1.62. The van der Waals surface area contributed by atoms with E-state index in [1.807, 2.05) is 17.5 Å². The first-order chi connectivity index (χ1) is 8.48. The Morgan fingerprint density at radius 2 is 1.83 bits per heavy atom. The molecule has 0 fully saturated rings. The summed E-state index contributed by atoms with van der Waals surface area (Å²) < 4.78 is 38.3. The minimum atomic E-state index is -4.38. The van der Waals surface area contributed by atoms with Gasteiger partial charge in [0.15, 0.2) is 0 Å². The predicted molar refractivity (Wildman–Crippen MR) is 67.6 cm³/mol. The molecule has 0 atom stereocenters. The quantitative estimate of drug-likeness (QED) is 0.687. The summed E-state index contributed by atoms with van der Waals surface area (Å²) in [6.45, 7) is 1.71. The second-order valence-corrected chi connectivity index (χ2v) is 4.64. The Labute approximate surface area is 107 Å². The van der Waals surface area contributed by atoms with Gasteiger partial charge in [0.25, 0.3) is 0 Å². The number of thiophene rings is 1. The van der Waals surface area contributed by atoms with Crippen LogP contribution in [-0.2, 0) is 6.18 Å². The number of rotatable bonds is 2. The third-order valence-corrected chi connectivity index (χ3v) is 3.35. The van der Waals surface area contributed by atoms with Crippen LogP contribution in [0.2, 0.25) is 0 Å². The highest BCUT2D eigenvalue weighted by atomic mass is 32.1. The maximum absolute atomic E-state index is 12.8. The molecule has 0 amide bonds. The molecule has 5 heteroatoms. The van der Waals surface area contributed by atoms with Crippen LogP contribution in [0.5, 0.6) is 0 Å². The van der Waals surface area contributed by atoms with Crippen LogP contribution in [0, 0.1) is 0 Å². The minimum Gasteiger partial charge on any atom is -0.252 e. The van der Waals surface area contributed by atoms with Crippen molar-refractivity contribution < 1.29 is 13.2 Å². The fourth-order valence-electron chi connectivity index (χ4n) is 1.53. The van der Waals surface area contributed by atoms with Crippen LogP contribution in [0.15, 0.2) is 46.8 Å². The summed E-state index contributed by atoms with van der Waals surface area (Å²) in [5.74, 6) is 0. The number of hydrogen-bond donors (Lipinski definition) is 0. The number of halogens is 3. The smallest absolute Gasteiger partial charge is 0.252 e.